The zero-order valence-corrected chi connectivity index (χ0v) is 5.80. The predicted molar refractivity (Wildman–Crippen MR) is 36.0 cm³/mol. The van der Waals surface area contributed by atoms with Crippen molar-refractivity contribution >= 4 is 27.6 Å². The van der Waals surface area contributed by atoms with Crippen LogP contribution in [0, 0.1) is 5.92 Å². The topological polar surface area (TPSA) is 37.3 Å². The highest BCUT2D eigenvalue weighted by atomic mass is 33.1. The second-order valence-corrected chi connectivity index (χ2v) is 4.16. The van der Waals surface area contributed by atoms with Gasteiger partial charge in [-0.25, -0.2) is 0 Å². The maximum absolute atomic E-state index is 10.2. The van der Waals surface area contributed by atoms with Crippen molar-refractivity contribution in [3.63, 3.8) is 0 Å². The van der Waals surface area contributed by atoms with Gasteiger partial charge in [0.2, 0.25) is 0 Å². The van der Waals surface area contributed by atoms with Crippen molar-refractivity contribution in [3.8, 4) is 0 Å². The summed E-state index contributed by atoms with van der Waals surface area (Å²) in [6.45, 7) is 0. The summed E-state index contributed by atoms with van der Waals surface area (Å²) in [5, 5.41) is 8.39. The first-order valence-electron chi connectivity index (χ1n) is 2.28. The lowest BCUT2D eigenvalue weighted by Crippen LogP contribution is -2.14. The van der Waals surface area contributed by atoms with Gasteiger partial charge in [0, 0.05) is 11.5 Å². The van der Waals surface area contributed by atoms with Gasteiger partial charge >= 0.3 is 5.97 Å². The lowest BCUT2D eigenvalue weighted by Gasteiger charge is -1.95. The Kier molecular flexibility index (Phi) is 2.08. The van der Waals surface area contributed by atoms with Crippen LogP contribution in [0.15, 0.2) is 0 Å². The largest absolute Gasteiger partial charge is 0.481 e. The Morgan fingerprint density at radius 1 is 1.50 bits per heavy atom. The van der Waals surface area contributed by atoms with Gasteiger partial charge in [0.1, 0.15) is 0 Å². The molecule has 1 aliphatic heterocycles. The maximum atomic E-state index is 10.2. The zero-order valence-electron chi connectivity index (χ0n) is 4.16. The molecule has 1 aliphatic rings. The van der Waals surface area contributed by atoms with Crippen LogP contribution in [0.5, 0.6) is 0 Å². The third-order valence-corrected chi connectivity index (χ3v) is 3.53. The standard InChI is InChI=1S/C4H6O2S2/c5-4(6)3-1-7-8-2-3/h3H,1-2H2,(H,5,6). The van der Waals surface area contributed by atoms with Crippen LogP contribution in [0.3, 0.4) is 0 Å². The molecule has 0 unspecified atom stereocenters. The molecule has 0 atom stereocenters. The Balaban J connectivity index is 2.35. The molecule has 0 aliphatic carbocycles. The minimum atomic E-state index is -0.650. The molecular weight excluding hydrogens is 144 g/mol. The lowest BCUT2D eigenvalue weighted by molar-refractivity contribution is -0.140. The summed E-state index contributed by atoms with van der Waals surface area (Å²) in [6.07, 6.45) is 0. The first-order chi connectivity index (χ1) is 3.80. The van der Waals surface area contributed by atoms with E-state index >= 15 is 0 Å². The molecule has 2 nitrogen and oxygen atoms in total. The third kappa shape index (κ3) is 1.32. The molecule has 0 saturated carbocycles. The fourth-order valence-electron chi connectivity index (χ4n) is 0.451. The minimum absolute atomic E-state index is 0.0926. The molecule has 0 aromatic rings. The minimum Gasteiger partial charge on any atom is -0.481 e. The van der Waals surface area contributed by atoms with Crippen LogP contribution in [0.1, 0.15) is 0 Å². The SMILES string of the molecule is O=C(O)C1CSSC1. The molecule has 0 bridgehead atoms. The number of hydrogen-bond donors (Lipinski definition) is 1. The van der Waals surface area contributed by atoms with Gasteiger partial charge in [-0.3, -0.25) is 4.79 Å². The van der Waals surface area contributed by atoms with Crippen molar-refractivity contribution in [3.05, 3.63) is 0 Å². The van der Waals surface area contributed by atoms with Crippen LogP contribution in [0.4, 0.5) is 0 Å². The van der Waals surface area contributed by atoms with Crippen LogP contribution in [-0.2, 0) is 4.79 Å². The Labute approximate surface area is 55.4 Å². The highest BCUT2D eigenvalue weighted by Crippen LogP contribution is 2.34. The molecule has 0 radical (unpaired) electrons. The highest BCUT2D eigenvalue weighted by Gasteiger charge is 2.22. The van der Waals surface area contributed by atoms with Crippen LogP contribution in [-0.4, -0.2) is 22.6 Å². The molecule has 4 heteroatoms. The summed E-state index contributed by atoms with van der Waals surface area (Å²) in [6, 6.07) is 0. The van der Waals surface area contributed by atoms with E-state index in [1.54, 1.807) is 21.6 Å². The second-order valence-electron chi connectivity index (χ2n) is 1.60. The summed E-state index contributed by atoms with van der Waals surface area (Å²) < 4.78 is 0. The molecule has 1 fully saturated rings. The Morgan fingerprint density at radius 3 is 2.25 bits per heavy atom. The first kappa shape index (κ1) is 6.29. The summed E-state index contributed by atoms with van der Waals surface area (Å²) in [7, 11) is 3.29. The second kappa shape index (κ2) is 2.64. The number of hydrogen-bond acceptors (Lipinski definition) is 3. The van der Waals surface area contributed by atoms with E-state index in [4.69, 9.17) is 5.11 Å². The number of carboxylic acid groups (broad SMARTS) is 1. The van der Waals surface area contributed by atoms with E-state index in [0.29, 0.717) is 0 Å². The summed E-state index contributed by atoms with van der Waals surface area (Å²) in [4.78, 5) is 10.2. The Bertz CT molecular complexity index is 98.2. The van der Waals surface area contributed by atoms with Crippen LogP contribution >= 0.6 is 21.6 Å². The molecule has 1 heterocycles. The van der Waals surface area contributed by atoms with Crippen molar-refractivity contribution in [1.82, 2.24) is 0 Å². The third-order valence-electron chi connectivity index (χ3n) is 0.971. The monoisotopic (exact) mass is 150 g/mol. The average Bonchev–Trinajstić information content (AvgIpc) is 2.12. The molecule has 46 valence electrons. The van der Waals surface area contributed by atoms with E-state index in [-0.39, 0.29) is 5.92 Å². The van der Waals surface area contributed by atoms with Gasteiger partial charge < -0.3 is 5.11 Å². The lowest BCUT2D eigenvalue weighted by atomic mass is 10.2. The van der Waals surface area contributed by atoms with Gasteiger partial charge in [0.05, 0.1) is 5.92 Å². The highest BCUT2D eigenvalue weighted by molar-refractivity contribution is 8.77. The van der Waals surface area contributed by atoms with Gasteiger partial charge in [0.15, 0.2) is 0 Å². The van der Waals surface area contributed by atoms with E-state index in [9.17, 15) is 4.79 Å². The molecular formula is C4H6O2S2. The van der Waals surface area contributed by atoms with Crippen LogP contribution in [0.2, 0.25) is 0 Å². The van der Waals surface area contributed by atoms with Crippen LogP contribution in [0.25, 0.3) is 0 Å². The summed E-state index contributed by atoms with van der Waals surface area (Å²) in [5.41, 5.74) is 0. The van der Waals surface area contributed by atoms with E-state index in [0.717, 1.165) is 11.5 Å². The molecule has 0 amide bonds. The van der Waals surface area contributed by atoms with Crippen molar-refractivity contribution in [2.75, 3.05) is 11.5 Å². The molecule has 1 rings (SSSR count). The summed E-state index contributed by atoms with van der Waals surface area (Å²) in [5.74, 6) is 0.813. The molecule has 1 N–H and O–H groups in total. The van der Waals surface area contributed by atoms with Crippen LogP contribution < -0.4 is 0 Å². The first-order valence-corrected chi connectivity index (χ1v) is 4.76. The van der Waals surface area contributed by atoms with E-state index in [2.05, 4.69) is 0 Å². The molecule has 8 heavy (non-hydrogen) atoms. The Morgan fingerprint density at radius 2 is 2.00 bits per heavy atom. The van der Waals surface area contributed by atoms with Gasteiger partial charge in [-0.1, -0.05) is 21.6 Å². The van der Waals surface area contributed by atoms with Gasteiger partial charge in [-0.05, 0) is 0 Å². The number of aliphatic carboxylic acids is 1. The average molecular weight is 150 g/mol. The predicted octanol–water partition coefficient (Wildman–Crippen LogP) is 1.08. The van der Waals surface area contributed by atoms with Crippen molar-refractivity contribution in [2.24, 2.45) is 5.92 Å². The number of rotatable bonds is 1. The fourth-order valence-corrected chi connectivity index (χ4v) is 3.21. The van der Waals surface area contributed by atoms with Crippen molar-refractivity contribution in [2.45, 2.75) is 0 Å². The van der Waals surface area contributed by atoms with Gasteiger partial charge in [-0.2, -0.15) is 0 Å². The quantitative estimate of drug-likeness (QED) is 0.568. The maximum Gasteiger partial charge on any atom is 0.308 e. The molecule has 0 aromatic carbocycles. The molecule has 0 spiro atoms. The smallest absolute Gasteiger partial charge is 0.308 e. The summed E-state index contributed by atoms with van der Waals surface area (Å²) >= 11 is 0. The number of carboxylic acids is 1. The van der Waals surface area contributed by atoms with Crippen molar-refractivity contribution < 1.29 is 9.90 Å². The number of carbonyl (C=O) groups is 1. The van der Waals surface area contributed by atoms with Gasteiger partial charge in [-0.15, -0.1) is 0 Å². The normalized spacial score (nSPS) is 21.5. The van der Waals surface area contributed by atoms with E-state index in [1.807, 2.05) is 0 Å². The fraction of sp³-hybridized carbons (Fsp3) is 0.750. The van der Waals surface area contributed by atoms with E-state index in [1.165, 1.54) is 0 Å². The zero-order chi connectivity index (χ0) is 5.98. The molecule has 0 aromatic heterocycles. The van der Waals surface area contributed by atoms with E-state index < -0.39 is 5.97 Å². The Hall–Kier alpha value is 0.170. The molecule has 1 saturated heterocycles. The van der Waals surface area contributed by atoms with Gasteiger partial charge in [0.25, 0.3) is 0 Å². The van der Waals surface area contributed by atoms with Crippen molar-refractivity contribution in [1.29, 1.82) is 0 Å².